The zero-order valence-electron chi connectivity index (χ0n) is 15.7. The van der Waals surface area contributed by atoms with Crippen LogP contribution in [-0.2, 0) is 0 Å². The molecule has 0 fully saturated rings. The van der Waals surface area contributed by atoms with E-state index in [-0.39, 0.29) is 11.3 Å². The Bertz CT molecular complexity index is 1300. The molecule has 0 aliphatic heterocycles. The minimum atomic E-state index is -1.01. The Morgan fingerprint density at radius 3 is 2.70 bits per heavy atom. The molecule has 30 heavy (non-hydrogen) atoms. The predicted octanol–water partition coefficient (Wildman–Crippen LogP) is 5.23. The van der Waals surface area contributed by atoms with Gasteiger partial charge in [0.2, 0.25) is 0 Å². The average Bonchev–Trinajstić information content (AvgIpc) is 3.34. The molecule has 1 amide bonds. The Morgan fingerprint density at radius 2 is 1.90 bits per heavy atom. The van der Waals surface area contributed by atoms with Crippen LogP contribution >= 0.6 is 15.9 Å². The fourth-order valence-corrected chi connectivity index (χ4v) is 3.30. The fraction of sp³-hybridized carbons (Fsp3) is 0.0455. The maximum absolute atomic E-state index is 12.2. The number of amides is 1. The molecule has 0 radical (unpaired) electrons. The van der Waals surface area contributed by atoms with Gasteiger partial charge in [-0.3, -0.25) is 4.79 Å². The van der Waals surface area contributed by atoms with Crippen molar-refractivity contribution < 1.29 is 23.5 Å². The number of carboxylic acids is 1. The topological polar surface area (TPSA) is 105 Å². The number of halogens is 1. The summed E-state index contributed by atoms with van der Waals surface area (Å²) in [5.41, 5.74) is 4.72. The number of carbonyl (C=O) groups is 2. The van der Waals surface area contributed by atoms with Crippen LogP contribution in [0.3, 0.4) is 0 Å². The molecule has 0 aliphatic rings. The van der Waals surface area contributed by atoms with Gasteiger partial charge in [-0.25, -0.2) is 10.2 Å². The lowest BCUT2D eigenvalue weighted by molar-refractivity contribution is 0.0696. The van der Waals surface area contributed by atoms with Crippen molar-refractivity contribution in [3.05, 3.63) is 81.7 Å². The molecule has 7 nitrogen and oxygen atoms in total. The quantitative estimate of drug-likeness (QED) is 0.309. The van der Waals surface area contributed by atoms with Gasteiger partial charge in [0.15, 0.2) is 5.76 Å². The van der Waals surface area contributed by atoms with E-state index >= 15 is 0 Å². The summed E-state index contributed by atoms with van der Waals surface area (Å²) < 4.78 is 12.1. The molecule has 2 aromatic heterocycles. The smallest absolute Gasteiger partial charge is 0.335 e. The number of hydrazone groups is 1. The SMILES string of the molecule is Cc1ccc(C(=O)O)cc1-c1ccc(/C=N/NC(=O)c2cc3cc(Br)ccc3o2)o1. The number of carboxylic acid groups (broad SMARTS) is 1. The van der Waals surface area contributed by atoms with Crippen molar-refractivity contribution in [2.24, 2.45) is 5.10 Å². The van der Waals surface area contributed by atoms with Crippen molar-refractivity contribution in [2.45, 2.75) is 6.92 Å². The van der Waals surface area contributed by atoms with Gasteiger partial charge in [0.1, 0.15) is 17.1 Å². The molecule has 4 rings (SSSR count). The lowest BCUT2D eigenvalue weighted by atomic mass is 10.0. The predicted molar refractivity (Wildman–Crippen MR) is 115 cm³/mol. The molecule has 0 aliphatic carbocycles. The first-order valence-corrected chi connectivity index (χ1v) is 9.66. The maximum atomic E-state index is 12.2. The van der Waals surface area contributed by atoms with Gasteiger partial charge >= 0.3 is 11.9 Å². The minimum Gasteiger partial charge on any atom is -0.478 e. The van der Waals surface area contributed by atoms with E-state index in [0.717, 1.165) is 15.4 Å². The highest BCUT2D eigenvalue weighted by Gasteiger charge is 2.13. The fourth-order valence-electron chi connectivity index (χ4n) is 2.92. The monoisotopic (exact) mass is 466 g/mol. The van der Waals surface area contributed by atoms with E-state index in [1.165, 1.54) is 6.21 Å². The summed E-state index contributed by atoms with van der Waals surface area (Å²) in [4.78, 5) is 23.4. The molecule has 0 bridgehead atoms. The zero-order chi connectivity index (χ0) is 21.3. The number of hydrogen-bond donors (Lipinski definition) is 2. The van der Waals surface area contributed by atoms with Gasteiger partial charge < -0.3 is 13.9 Å². The first-order valence-electron chi connectivity index (χ1n) is 8.87. The largest absolute Gasteiger partial charge is 0.478 e. The van der Waals surface area contributed by atoms with Crippen molar-refractivity contribution in [2.75, 3.05) is 0 Å². The van der Waals surface area contributed by atoms with Gasteiger partial charge in [-0.05, 0) is 61.0 Å². The number of nitrogens with zero attached hydrogens (tertiary/aromatic N) is 1. The molecule has 0 unspecified atom stereocenters. The molecular formula is C22H15BrN2O5. The maximum Gasteiger partial charge on any atom is 0.335 e. The van der Waals surface area contributed by atoms with E-state index in [2.05, 4.69) is 26.5 Å². The van der Waals surface area contributed by atoms with E-state index < -0.39 is 11.9 Å². The molecule has 0 atom stereocenters. The lowest BCUT2D eigenvalue weighted by Crippen LogP contribution is -2.16. The highest BCUT2D eigenvalue weighted by molar-refractivity contribution is 9.10. The minimum absolute atomic E-state index is 0.140. The Balaban J connectivity index is 1.47. The van der Waals surface area contributed by atoms with Crippen LogP contribution in [0, 0.1) is 6.92 Å². The molecule has 0 spiro atoms. The summed E-state index contributed by atoms with van der Waals surface area (Å²) in [6.07, 6.45) is 1.36. The molecule has 2 N–H and O–H groups in total. The summed E-state index contributed by atoms with van der Waals surface area (Å²) in [6, 6.07) is 15.3. The molecule has 2 heterocycles. The highest BCUT2D eigenvalue weighted by atomic mass is 79.9. The third-order valence-corrected chi connectivity index (χ3v) is 4.93. The second-order valence-corrected chi connectivity index (χ2v) is 7.44. The number of rotatable bonds is 5. The van der Waals surface area contributed by atoms with Crippen LogP contribution in [0.1, 0.15) is 32.2 Å². The van der Waals surface area contributed by atoms with Gasteiger partial charge in [0.25, 0.3) is 0 Å². The van der Waals surface area contributed by atoms with Crippen LogP contribution in [0.15, 0.2) is 73.0 Å². The van der Waals surface area contributed by atoms with Crippen LogP contribution in [0.25, 0.3) is 22.3 Å². The van der Waals surface area contributed by atoms with Gasteiger partial charge in [-0.2, -0.15) is 5.10 Å². The molecule has 0 saturated carbocycles. The zero-order valence-corrected chi connectivity index (χ0v) is 17.3. The molecule has 150 valence electrons. The molecule has 0 saturated heterocycles. The molecule has 4 aromatic rings. The average molecular weight is 467 g/mol. The number of benzene rings is 2. The van der Waals surface area contributed by atoms with Gasteiger partial charge in [0, 0.05) is 15.4 Å². The van der Waals surface area contributed by atoms with Gasteiger partial charge in [-0.1, -0.05) is 22.0 Å². The van der Waals surface area contributed by atoms with Crippen molar-refractivity contribution in [3.8, 4) is 11.3 Å². The number of nitrogens with one attached hydrogen (secondary N) is 1. The van der Waals surface area contributed by atoms with Gasteiger partial charge in [-0.15, -0.1) is 0 Å². The lowest BCUT2D eigenvalue weighted by Gasteiger charge is -2.04. The standard InChI is InChI=1S/C22H15BrN2O5/c1-12-2-3-13(22(27)28)9-17(12)19-7-5-16(29-19)11-24-25-21(26)20-10-14-8-15(23)4-6-18(14)30-20/h2-11H,1H3,(H,25,26)(H,27,28)/b24-11+. The Hall–Kier alpha value is -3.65. The summed E-state index contributed by atoms with van der Waals surface area (Å²) in [5, 5.41) is 13.9. The number of aromatic carboxylic acids is 1. The van der Waals surface area contributed by atoms with E-state index in [0.29, 0.717) is 22.7 Å². The highest BCUT2D eigenvalue weighted by Crippen LogP contribution is 2.26. The summed E-state index contributed by atoms with van der Waals surface area (Å²) in [6.45, 7) is 1.86. The Morgan fingerprint density at radius 1 is 1.07 bits per heavy atom. The van der Waals surface area contributed by atoms with Crippen LogP contribution in [0.4, 0.5) is 0 Å². The van der Waals surface area contributed by atoms with Gasteiger partial charge in [0.05, 0.1) is 11.8 Å². The van der Waals surface area contributed by atoms with Crippen molar-refractivity contribution in [1.29, 1.82) is 0 Å². The summed E-state index contributed by atoms with van der Waals surface area (Å²) >= 11 is 3.38. The number of fused-ring (bicyclic) bond motifs is 1. The van der Waals surface area contributed by atoms with Crippen LogP contribution in [-0.4, -0.2) is 23.2 Å². The molecular weight excluding hydrogens is 452 g/mol. The van der Waals surface area contributed by atoms with Crippen LogP contribution < -0.4 is 5.43 Å². The summed E-state index contributed by atoms with van der Waals surface area (Å²) in [5.74, 6) is -0.452. The van der Waals surface area contributed by atoms with E-state index in [1.807, 2.05) is 19.1 Å². The molecule has 8 heteroatoms. The van der Waals surface area contributed by atoms with Crippen molar-refractivity contribution in [3.63, 3.8) is 0 Å². The van der Waals surface area contributed by atoms with Crippen LogP contribution in [0.2, 0.25) is 0 Å². The van der Waals surface area contributed by atoms with Crippen molar-refractivity contribution >= 4 is 45.0 Å². The van der Waals surface area contributed by atoms with Crippen LogP contribution in [0.5, 0.6) is 0 Å². The molecule has 2 aromatic carbocycles. The summed E-state index contributed by atoms with van der Waals surface area (Å²) in [7, 11) is 0. The van der Waals surface area contributed by atoms with E-state index in [4.69, 9.17) is 8.83 Å². The third-order valence-electron chi connectivity index (χ3n) is 4.44. The van der Waals surface area contributed by atoms with E-state index in [9.17, 15) is 14.7 Å². The first-order chi connectivity index (χ1) is 14.4. The van der Waals surface area contributed by atoms with E-state index in [1.54, 1.807) is 42.5 Å². The number of furan rings is 2. The number of aryl methyl sites for hydroxylation is 1. The number of carbonyl (C=O) groups excluding carboxylic acids is 1. The first kappa shape index (κ1) is 19.7. The number of hydrogen-bond acceptors (Lipinski definition) is 5. The second kappa shape index (κ2) is 8.00. The Kier molecular flexibility index (Phi) is 5.24. The Labute approximate surface area is 179 Å². The normalized spacial score (nSPS) is 11.3. The second-order valence-electron chi connectivity index (χ2n) is 6.53. The third kappa shape index (κ3) is 4.04. The van der Waals surface area contributed by atoms with Crippen molar-refractivity contribution in [1.82, 2.24) is 5.43 Å².